The molecule has 4 rings (SSSR count). The topological polar surface area (TPSA) is 79.9 Å². The Bertz CT molecular complexity index is 851. The Kier molecular flexibility index (Phi) is 3.08. The SMILES string of the molecule is O=C(Nc1cccc2cccnc12)c1n[nH]c2c1COCC2. The lowest BCUT2D eigenvalue weighted by Gasteiger charge is -2.12. The Balaban J connectivity index is 1.68. The summed E-state index contributed by atoms with van der Waals surface area (Å²) < 4.78 is 5.41. The number of hydrogen-bond acceptors (Lipinski definition) is 4. The number of pyridine rings is 1. The maximum atomic E-state index is 12.5. The van der Waals surface area contributed by atoms with E-state index in [1.165, 1.54) is 0 Å². The molecule has 22 heavy (non-hydrogen) atoms. The van der Waals surface area contributed by atoms with Crippen LogP contribution < -0.4 is 5.32 Å². The first-order valence-electron chi connectivity index (χ1n) is 7.12. The molecule has 1 aliphatic heterocycles. The highest BCUT2D eigenvalue weighted by Gasteiger charge is 2.22. The zero-order valence-electron chi connectivity index (χ0n) is 11.8. The van der Waals surface area contributed by atoms with E-state index in [2.05, 4.69) is 20.5 Å². The van der Waals surface area contributed by atoms with Crippen molar-refractivity contribution < 1.29 is 9.53 Å². The molecule has 6 heteroatoms. The van der Waals surface area contributed by atoms with E-state index in [0.29, 0.717) is 24.6 Å². The first-order chi connectivity index (χ1) is 10.8. The van der Waals surface area contributed by atoms with E-state index in [1.54, 1.807) is 6.20 Å². The molecule has 1 aromatic carbocycles. The molecule has 2 N–H and O–H groups in total. The summed E-state index contributed by atoms with van der Waals surface area (Å²) in [4.78, 5) is 16.8. The second kappa shape index (κ2) is 5.23. The fourth-order valence-electron chi connectivity index (χ4n) is 2.69. The van der Waals surface area contributed by atoms with E-state index in [1.807, 2.05) is 30.3 Å². The lowest BCUT2D eigenvalue weighted by molar-refractivity contribution is 0.0985. The average molecular weight is 294 g/mol. The average Bonchev–Trinajstić information content (AvgIpc) is 2.99. The van der Waals surface area contributed by atoms with Gasteiger partial charge in [0.1, 0.15) is 0 Å². The van der Waals surface area contributed by atoms with E-state index < -0.39 is 0 Å². The predicted molar refractivity (Wildman–Crippen MR) is 81.6 cm³/mol. The number of para-hydroxylation sites is 1. The summed E-state index contributed by atoms with van der Waals surface area (Å²) in [5.41, 5.74) is 3.66. The Morgan fingerprint density at radius 3 is 3.14 bits per heavy atom. The van der Waals surface area contributed by atoms with Gasteiger partial charge in [-0.15, -0.1) is 0 Å². The van der Waals surface area contributed by atoms with Crippen LogP contribution in [-0.2, 0) is 17.8 Å². The van der Waals surface area contributed by atoms with Crippen LogP contribution in [0.3, 0.4) is 0 Å². The zero-order valence-corrected chi connectivity index (χ0v) is 11.8. The van der Waals surface area contributed by atoms with Crippen LogP contribution in [0.5, 0.6) is 0 Å². The number of aromatic nitrogens is 3. The van der Waals surface area contributed by atoms with Gasteiger partial charge in [0.15, 0.2) is 5.69 Å². The van der Waals surface area contributed by atoms with Crippen molar-refractivity contribution in [1.82, 2.24) is 15.2 Å². The first kappa shape index (κ1) is 13.0. The summed E-state index contributed by atoms with van der Waals surface area (Å²) in [6, 6.07) is 9.52. The molecule has 0 atom stereocenters. The number of nitrogens with zero attached hydrogens (tertiary/aromatic N) is 2. The number of H-pyrrole nitrogens is 1. The molecule has 0 radical (unpaired) electrons. The normalized spacial score (nSPS) is 13.8. The largest absolute Gasteiger partial charge is 0.376 e. The number of aromatic amines is 1. The third-order valence-electron chi connectivity index (χ3n) is 3.79. The van der Waals surface area contributed by atoms with Crippen LogP contribution >= 0.6 is 0 Å². The number of benzene rings is 1. The maximum absolute atomic E-state index is 12.5. The third-order valence-corrected chi connectivity index (χ3v) is 3.79. The monoisotopic (exact) mass is 294 g/mol. The number of rotatable bonds is 2. The maximum Gasteiger partial charge on any atom is 0.276 e. The van der Waals surface area contributed by atoms with Crippen molar-refractivity contribution in [3.63, 3.8) is 0 Å². The molecule has 6 nitrogen and oxygen atoms in total. The Labute approximate surface area is 126 Å². The quantitative estimate of drug-likeness (QED) is 0.760. The van der Waals surface area contributed by atoms with Crippen LogP contribution in [0.1, 0.15) is 21.7 Å². The smallest absolute Gasteiger partial charge is 0.276 e. The molecule has 0 aliphatic carbocycles. The summed E-state index contributed by atoms with van der Waals surface area (Å²) in [6.45, 7) is 1.08. The van der Waals surface area contributed by atoms with Crippen molar-refractivity contribution in [3.05, 3.63) is 53.5 Å². The first-order valence-corrected chi connectivity index (χ1v) is 7.12. The van der Waals surface area contributed by atoms with Crippen LogP contribution in [0, 0.1) is 0 Å². The van der Waals surface area contributed by atoms with Gasteiger partial charge in [0.05, 0.1) is 24.4 Å². The lowest BCUT2D eigenvalue weighted by atomic mass is 10.1. The van der Waals surface area contributed by atoms with Crippen molar-refractivity contribution in [2.45, 2.75) is 13.0 Å². The van der Waals surface area contributed by atoms with Gasteiger partial charge < -0.3 is 10.1 Å². The molecule has 0 bridgehead atoms. The number of nitrogens with one attached hydrogen (secondary N) is 2. The van der Waals surface area contributed by atoms with Crippen molar-refractivity contribution in [1.29, 1.82) is 0 Å². The minimum absolute atomic E-state index is 0.249. The summed E-state index contributed by atoms with van der Waals surface area (Å²) in [6.07, 6.45) is 2.47. The van der Waals surface area contributed by atoms with Crippen LogP contribution in [0.15, 0.2) is 36.5 Å². The van der Waals surface area contributed by atoms with Crippen molar-refractivity contribution in [2.24, 2.45) is 0 Å². The predicted octanol–water partition coefficient (Wildman–Crippen LogP) is 2.28. The number of anilines is 1. The molecule has 0 unspecified atom stereocenters. The summed E-state index contributed by atoms with van der Waals surface area (Å²) >= 11 is 0. The second-order valence-corrected chi connectivity index (χ2v) is 5.17. The third kappa shape index (κ3) is 2.14. The number of ether oxygens (including phenoxy) is 1. The van der Waals surface area contributed by atoms with Gasteiger partial charge in [0.25, 0.3) is 5.91 Å². The van der Waals surface area contributed by atoms with Crippen molar-refractivity contribution in [3.8, 4) is 0 Å². The van der Waals surface area contributed by atoms with Crippen molar-refractivity contribution in [2.75, 3.05) is 11.9 Å². The minimum atomic E-state index is -0.249. The number of hydrogen-bond donors (Lipinski definition) is 2. The van der Waals surface area contributed by atoms with Gasteiger partial charge >= 0.3 is 0 Å². The van der Waals surface area contributed by atoms with E-state index in [-0.39, 0.29) is 5.91 Å². The van der Waals surface area contributed by atoms with Crippen LogP contribution in [-0.4, -0.2) is 27.7 Å². The van der Waals surface area contributed by atoms with Gasteiger partial charge in [-0.3, -0.25) is 14.9 Å². The van der Waals surface area contributed by atoms with Crippen LogP contribution in [0.2, 0.25) is 0 Å². The fourth-order valence-corrected chi connectivity index (χ4v) is 2.69. The molecule has 1 amide bonds. The molecular weight excluding hydrogens is 280 g/mol. The molecule has 0 saturated heterocycles. The number of amides is 1. The van der Waals surface area contributed by atoms with Crippen LogP contribution in [0.25, 0.3) is 10.9 Å². The molecular formula is C16H14N4O2. The highest BCUT2D eigenvalue weighted by molar-refractivity contribution is 6.08. The molecule has 0 fully saturated rings. The number of carbonyl (C=O) groups excluding carboxylic acids is 1. The Morgan fingerprint density at radius 2 is 2.18 bits per heavy atom. The van der Waals surface area contributed by atoms with Crippen LogP contribution in [0.4, 0.5) is 5.69 Å². The van der Waals surface area contributed by atoms with Gasteiger partial charge in [0.2, 0.25) is 0 Å². The van der Waals surface area contributed by atoms with E-state index in [0.717, 1.165) is 28.6 Å². The summed E-state index contributed by atoms with van der Waals surface area (Å²) in [7, 11) is 0. The molecule has 2 aromatic heterocycles. The number of fused-ring (bicyclic) bond motifs is 2. The second-order valence-electron chi connectivity index (χ2n) is 5.17. The van der Waals surface area contributed by atoms with E-state index in [4.69, 9.17) is 4.74 Å². The molecule has 0 saturated carbocycles. The van der Waals surface area contributed by atoms with E-state index >= 15 is 0 Å². The lowest BCUT2D eigenvalue weighted by Crippen LogP contribution is -2.17. The van der Waals surface area contributed by atoms with Gasteiger partial charge in [-0.05, 0) is 12.1 Å². The fraction of sp³-hybridized carbons (Fsp3) is 0.188. The number of carbonyl (C=O) groups is 1. The molecule has 1 aliphatic rings. The molecule has 0 spiro atoms. The zero-order chi connectivity index (χ0) is 14.9. The van der Waals surface area contributed by atoms with Crippen molar-refractivity contribution >= 4 is 22.5 Å². The highest BCUT2D eigenvalue weighted by Crippen LogP contribution is 2.23. The Hall–Kier alpha value is -2.73. The minimum Gasteiger partial charge on any atom is -0.376 e. The summed E-state index contributed by atoms with van der Waals surface area (Å²) in [5, 5.41) is 10.9. The summed E-state index contributed by atoms with van der Waals surface area (Å²) in [5.74, 6) is -0.249. The molecule has 110 valence electrons. The van der Waals surface area contributed by atoms with E-state index in [9.17, 15) is 4.79 Å². The van der Waals surface area contributed by atoms with Gasteiger partial charge in [0, 0.05) is 29.3 Å². The molecule has 3 aromatic rings. The Morgan fingerprint density at radius 1 is 1.27 bits per heavy atom. The van der Waals surface area contributed by atoms with Gasteiger partial charge in [-0.1, -0.05) is 18.2 Å². The van der Waals surface area contributed by atoms with Gasteiger partial charge in [-0.2, -0.15) is 5.10 Å². The standard InChI is InChI=1S/C16H14N4O2/c21-16(15-11-9-22-8-6-12(11)19-20-15)18-13-5-1-3-10-4-2-7-17-14(10)13/h1-5,7H,6,8-9H2,(H,18,21)(H,19,20). The molecule has 3 heterocycles. The highest BCUT2D eigenvalue weighted by atomic mass is 16.5. The van der Waals surface area contributed by atoms with Gasteiger partial charge in [-0.25, -0.2) is 0 Å².